The number of urea groups is 1. The molecule has 1 fully saturated rings. The Hall–Kier alpha value is -5.02. The number of benzene rings is 1. The first-order valence-electron chi connectivity index (χ1n) is 10.2. The number of carbonyl (C=O) groups excluding carboxylic acids is 4. The second kappa shape index (κ2) is 11.6. The van der Waals surface area contributed by atoms with Gasteiger partial charge in [-0.25, -0.2) is 19.3 Å². The Labute approximate surface area is 221 Å². The summed E-state index contributed by atoms with van der Waals surface area (Å²) in [6, 6.07) is 0.196. The average Bonchev–Trinajstić information content (AvgIpc) is 3.29. The van der Waals surface area contributed by atoms with Crippen LogP contribution < -0.4 is 26.0 Å². The zero-order valence-corrected chi connectivity index (χ0v) is 20.8. The molecule has 9 N–H and O–H groups in total. The standard InChI is InChI=1S/C18H18N8O11S2/c19-17-21-9(6-38-17)13(23-37-5-12(29)30)15(32)20-8-4-26(16(8)33)18(34)24-39(35,36)25-22-14(31)7-1-2-10(27)11(28)3-7/h1-3,6,8,25,27-28H,4-5H2,(H2,19,21)(H,20,32)(H,22,31)(H,24,34)(H,29,30)/t8-/m0/s1. The number of carbonyl (C=O) groups is 5. The second-order valence-corrected chi connectivity index (χ2v) is 9.63. The average molecular weight is 587 g/mol. The molecule has 1 atom stereocenters. The Bertz CT molecular complexity index is 1470. The van der Waals surface area contributed by atoms with Crippen LogP contribution in [0.2, 0.25) is 0 Å². The number of nitrogens with one attached hydrogen (secondary N) is 4. The van der Waals surface area contributed by atoms with Crippen LogP contribution in [-0.2, 0) is 29.4 Å². The molecular weight excluding hydrogens is 568 g/mol. The maximum atomic E-state index is 12.6. The molecule has 19 nitrogen and oxygen atoms in total. The fraction of sp³-hybridized carbons (Fsp3) is 0.167. The Morgan fingerprint density at radius 1 is 1.23 bits per heavy atom. The van der Waals surface area contributed by atoms with E-state index in [0.29, 0.717) is 4.90 Å². The number of aliphatic carboxylic acids is 1. The maximum absolute atomic E-state index is 12.6. The highest BCUT2D eigenvalue weighted by molar-refractivity contribution is 7.88. The zero-order valence-electron chi connectivity index (χ0n) is 19.1. The summed E-state index contributed by atoms with van der Waals surface area (Å²) < 4.78 is 25.6. The van der Waals surface area contributed by atoms with Crippen molar-refractivity contribution < 1.29 is 52.5 Å². The smallest absolute Gasteiger partial charge is 0.344 e. The number of carboxylic acids is 1. The predicted molar refractivity (Wildman–Crippen MR) is 128 cm³/mol. The summed E-state index contributed by atoms with van der Waals surface area (Å²) in [7, 11) is -4.73. The first-order valence-corrected chi connectivity index (χ1v) is 12.5. The molecule has 0 aliphatic carbocycles. The van der Waals surface area contributed by atoms with Gasteiger partial charge in [-0.1, -0.05) is 5.16 Å². The van der Waals surface area contributed by atoms with Crippen molar-refractivity contribution in [3.8, 4) is 11.5 Å². The summed E-state index contributed by atoms with van der Waals surface area (Å²) >= 11 is 0.940. The number of phenolic OH excluding ortho intramolecular Hbond substituents is 2. The highest BCUT2D eigenvalue weighted by atomic mass is 32.2. The van der Waals surface area contributed by atoms with Crippen molar-refractivity contribution in [3.63, 3.8) is 0 Å². The minimum Gasteiger partial charge on any atom is -0.504 e. The lowest BCUT2D eigenvalue weighted by molar-refractivity contribution is -0.142. The summed E-state index contributed by atoms with van der Waals surface area (Å²) in [5.41, 5.74) is 6.43. The number of β-lactam (4-membered cyclic amide) rings is 1. The molecule has 2 heterocycles. The van der Waals surface area contributed by atoms with E-state index < -0.39 is 76.3 Å². The molecule has 1 aromatic heterocycles. The summed E-state index contributed by atoms with van der Waals surface area (Å²) in [5, 5.41) is 34.3. The van der Waals surface area contributed by atoms with E-state index in [1.807, 2.05) is 0 Å². The van der Waals surface area contributed by atoms with Crippen molar-refractivity contribution in [1.29, 1.82) is 0 Å². The van der Waals surface area contributed by atoms with Gasteiger partial charge in [-0.05, 0) is 18.2 Å². The van der Waals surface area contributed by atoms with E-state index in [2.05, 4.69) is 20.3 Å². The molecule has 1 saturated heterocycles. The zero-order chi connectivity index (χ0) is 28.9. The van der Waals surface area contributed by atoms with Gasteiger partial charge in [-0.3, -0.25) is 24.7 Å². The van der Waals surface area contributed by atoms with Crippen molar-refractivity contribution in [2.75, 3.05) is 18.9 Å². The van der Waals surface area contributed by atoms with Crippen molar-refractivity contribution >= 4 is 62.1 Å². The SMILES string of the molecule is Nc1nc(C(=NOCC(=O)O)C(=O)N[C@H]2CN(C(=O)NS(=O)(=O)NNC(=O)c3ccc(O)c(O)c3)C2=O)cs1. The number of imide groups is 1. The quantitative estimate of drug-likeness (QED) is 0.0603. The van der Waals surface area contributed by atoms with Crippen molar-refractivity contribution in [3.05, 3.63) is 34.8 Å². The van der Waals surface area contributed by atoms with Crippen molar-refractivity contribution in [1.82, 2.24) is 30.2 Å². The lowest BCUT2D eigenvalue weighted by atomic mass is 10.1. The van der Waals surface area contributed by atoms with Crippen LogP contribution in [0.1, 0.15) is 16.1 Å². The van der Waals surface area contributed by atoms with E-state index >= 15 is 0 Å². The van der Waals surface area contributed by atoms with Gasteiger partial charge >= 0.3 is 22.2 Å². The molecule has 2 aromatic rings. The highest BCUT2D eigenvalue weighted by Gasteiger charge is 2.43. The number of amides is 5. The van der Waals surface area contributed by atoms with E-state index in [-0.39, 0.29) is 16.4 Å². The Balaban J connectivity index is 1.55. The number of hydrogen-bond acceptors (Lipinski definition) is 14. The molecule has 0 saturated carbocycles. The van der Waals surface area contributed by atoms with Crippen molar-refractivity contribution in [2.45, 2.75) is 6.04 Å². The third kappa shape index (κ3) is 7.27. The van der Waals surface area contributed by atoms with Gasteiger partial charge in [0, 0.05) is 10.9 Å². The van der Waals surface area contributed by atoms with Gasteiger partial charge in [0.05, 0.1) is 6.54 Å². The molecule has 208 valence electrons. The van der Waals surface area contributed by atoms with Crippen LogP contribution in [0.15, 0.2) is 28.7 Å². The number of nitrogens with zero attached hydrogens (tertiary/aromatic N) is 3. The number of rotatable bonds is 10. The van der Waals surface area contributed by atoms with E-state index in [1.54, 1.807) is 10.3 Å². The number of aromatic nitrogens is 1. The van der Waals surface area contributed by atoms with Gasteiger partial charge in [0.25, 0.3) is 17.7 Å². The number of anilines is 1. The second-order valence-electron chi connectivity index (χ2n) is 7.32. The van der Waals surface area contributed by atoms with E-state index in [4.69, 9.17) is 10.8 Å². The largest absolute Gasteiger partial charge is 0.504 e. The van der Waals surface area contributed by atoms with Gasteiger partial charge in [-0.2, -0.15) is 8.42 Å². The summed E-state index contributed by atoms with van der Waals surface area (Å²) in [6.45, 7) is -1.35. The normalized spacial score (nSPS) is 15.2. The number of nitrogens with two attached hydrogens (primary N) is 1. The molecule has 0 radical (unpaired) electrons. The van der Waals surface area contributed by atoms with E-state index in [9.17, 15) is 42.6 Å². The fourth-order valence-corrected chi connectivity index (χ4v) is 3.91. The van der Waals surface area contributed by atoms with Gasteiger partial charge in [-0.15, -0.1) is 16.2 Å². The molecule has 0 unspecified atom stereocenters. The van der Waals surface area contributed by atoms with E-state index in [0.717, 1.165) is 29.5 Å². The fourth-order valence-electron chi connectivity index (χ4n) is 2.74. The van der Waals surface area contributed by atoms with Crippen LogP contribution in [0.3, 0.4) is 0 Å². The molecule has 0 spiro atoms. The summed E-state index contributed by atoms with van der Waals surface area (Å²) in [5.74, 6) is -5.63. The first kappa shape index (κ1) is 28.5. The van der Waals surface area contributed by atoms with Crippen LogP contribution >= 0.6 is 11.3 Å². The molecule has 1 aliphatic heterocycles. The summed E-state index contributed by atoms with van der Waals surface area (Å²) in [6.07, 6.45) is 0. The van der Waals surface area contributed by atoms with Crippen LogP contribution in [0.5, 0.6) is 11.5 Å². The van der Waals surface area contributed by atoms with Crippen LogP contribution in [-0.4, -0.2) is 88.2 Å². The minimum atomic E-state index is -4.73. The first-order chi connectivity index (χ1) is 18.3. The molecular formula is C18H18N8O11S2. The third-order valence-corrected chi connectivity index (χ3v) is 6.05. The number of hydrazine groups is 1. The summed E-state index contributed by atoms with van der Waals surface area (Å²) in [4.78, 5) is 70.1. The number of hydrogen-bond donors (Lipinski definition) is 8. The lowest BCUT2D eigenvalue weighted by Crippen LogP contribution is -2.68. The molecule has 5 amide bonds. The molecule has 3 rings (SSSR count). The number of carboxylic acid groups (broad SMARTS) is 1. The van der Waals surface area contributed by atoms with Crippen molar-refractivity contribution in [2.24, 2.45) is 5.16 Å². The Kier molecular flexibility index (Phi) is 8.47. The lowest BCUT2D eigenvalue weighted by Gasteiger charge is -2.36. The van der Waals surface area contributed by atoms with Crippen LogP contribution in [0, 0.1) is 0 Å². The van der Waals surface area contributed by atoms with Gasteiger partial charge in [0.15, 0.2) is 22.3 Å². The number of likely N-dealkylation sites (tertiary alicyclic amines) is 1. The molecule has 0 bridgehead atoms. The Morgan fingerprint density at radius 2 is 1.95 bits per heavy atom. The molecule has 21 heteroatoms. The molecule has 1 aromatic carbocycles. The number of phenols is 2. The molecule has 1 aliphatic rings. The maximum Gasteiger partial charge on any atom is 0.344 e. The Morgan fingerprint density at radius 3 is 2.54 bits per heavy atom. The van der Waals surface area contributed by atoms with Gasteiger partial charge in [0.1, 0.15) is 11.7 Å². The van der Waals surface area contributed by atoms with Crippen LogP contribution in [0.4, 0.5) is 9.93 Å². The van der Waals surface area contributed by atoms with Gasteiger partial charge < -0.3 is 31.2 Å². The van der Waals surface area contributed by atoms with Gasteiger partial charge in [0.2, 0.25) is 6.61 Å². The monoisotopic (exact) mass is 586 g/mol. The third-order valence-electron chi connectivity index (χ3n) is 4.56. The number of nitrogen functional groups attached to an aromatic ring is 1. The minimum absolute atomic E-state index is 0.0542. The topological polar surface area (TPSA) is 292 Å². The number of aromatic hydroxyl groups is 2. The molecule has 39 heavy (non-hydrogen) atoms. The predicted octanol–water partition coefficient (Wildman–Crippen LogP) is -2.84. The van der Waals surface area contributed by atoms with E-state index in [1.165, 1.54) is 10.1 Å². The number of oxime groups is 1. The highest BCUT2D eigenvalue weighted by Crippen LogP contribution is 2.24. The van der Waals surface area contributed by atoms with Crippen LogP contribution in [0.25, 0.3) is 0 Å². The number of thiazole rings is 1.